The van der Waals surface area contributed by atoms with Gasteiger partial charge in [0.2, 0.25) is 0 Å². The Kier molecular flexibility index (Phi) is 6.93. The summed E-state index contributed by atoms with van der Waals surface area (Å²) in [6.45, 7) is 0. The second-order valence-electron chi connectivity index (χ2n) is 14.3. The Bertz CT molecular complexity index is 3250. The van der Waals surface area contributed by atoms with Gasteiger partial charge < -0.3 is 0 Å². The van der Waals surface area contributed by atoms with Crippen LogP contribution in [-0.4, -0.2) is 4.98 Å². The molecule has 0 aliphatic heterocycles. The van der Waals surface area contributed by atoms with Crippen LogP contribution in [0.25, 0.3) is 109 Å². The first-order valence-electron chi connectivity index (χ1n) is 18.6. The van der Waals surface area contributed by atoms with Crippen molar-refractivity contribution in [3.8, 4) is 44.6 Å². The predicted octanol–water partition coefficient (Wildman–Crippen LogP) is 14.7. The molecule has 11 aromatic rings. The molecule has 0 unspecified atom stereocenters. The van der Waals surface area contributed by atoms with Crippen molar-refractivity contribution >= 4 is 64.6 Å². The summed E-state index contributed by atoms with van der Waals surface area (Å²) in [7, 11) is 0. The van der Waals surface area contributed by atoms with Crippen LogP contribution in [0.3, 0.4) is 0 Å². The van der Waals surface area contributed by atoms with E-state index in [0.29, 0.717) is 0 Å². The fraction of sp³-hybridized carbons (Fsp3) is 0. The van der Waals surface area contributed by atoms with Crippen LogP contribution in [0.4, 0.5) is 0 Å². The van der Waals surface area contributed by atoms with Crippen molar-refractivity contribution in [2.24, 2.45) is 0 Å². The summed E-state index contributed by atoms with van der Waals surface area (Å²) in [6.07, 6.45) is 1.89. The van der Waals surface area contributed by atoms with Crippen LogP contribution in [0.15, 0.2) is 200 Å². The average molecular weight is 684 g/mol. The highest BCUT2D eigenvalue weighted by molar-refractivity contribution is 6.22. The SMILES string of the molecule is c1ccc(-c2ccc3c(-c4ccc5cc(-c6cccc7c6ccc6cc8ccccc8cc67)ccc5c4)c4ccccc4c(-c4ccccn4)c3c2)cc1. The minimum atomic E-state index is 0.983. The first-order valence-corrected chi connectivity index (χ1v) is 18.6. The monoisotopic (exact) mass is 683 g/mol. The van der Waals surface area contributed by atoms with Gasteiger partial charge in [0.15, 0.2) is 0 Å². The summed E-state index contributed by atoms with van der Waals surface area (Å²) in [5, 5.41) is 15.0. The van der Waals surface area contributed by atoms with Gasteiger partial charge in [0.25, 0.3) is 0 Å². The summed E-state index contributed by atoms with van der Waals surface area (Å²) >= 11 is 0. The van der Waals surface area contributed by atoms with E-state index in [1.807, 2.05) is 12.3 Å². The molecule has 1 heteroatoms. The Morgan fingerprint density at radius 3 is 1.69 bits per heavy atom. The van der Waals surface area contributed by atoms with Crippen molar-refractivity contribution in [1.29, 1.82) is 0 Å². The largest absolute Gasteiger partial charge is 0.256 e. The molecule has 0 aliphatic carbocycles. The van der Waals surface area contributed by atoms with Gasteiger partial charge in [0.05, 0.1) is 5.69 Å². The Labute approximate surface area is 313 Å². The maximum atomic E-state index is 4.87. The van der Waals surface area contributed by atoms with E-state index in [0.717, 1.165) is 5.69 Å². The zero-order valence-corrected chi connectivity index (χ0v) is 29.5. The van der Waals surface area contributed by atoms with Crippen LogP contribution in [0.1, 0.15) is 0 Å². The van der Waals surface area contributed by atoms with E-state index < -0.39 is 0 Å². The van der Waals surface area contributed by atoms with Gasteiger partial charge in [0, 0.05) is 11.8 Å². The molecule has 250 valence electrons. The maximum absolute atomic E-state index is 4.87. The topological polar surface area (TPSA) is 12.9 Å². The van der Waals surface area contributed by atoms with Crippen LogP contribution in [0.2, 0.25) is 0 Å². The lowest BCUT2D eigenvalue weighted by Gasteiger charge is -2.18. The molecule has 0 spiro atoms. The molecule has 0 amide bonds. The first kappa shape index (κ1) is 30.5. The number of rotatable bonds is 4. The molecule has 54 heavy (non-hydrogen) atoms. The number of fused-ring (bicyclic) bond motifs is 7. The third-order valence-electron chi connectivity index (χ3n) is 11.2. The van der Waals surface area contributed by atoms with Crippen molar-refractivity contribution in [2.75, 3.05) is 0 Å². The quantitative estimate of drug-likeness (QED) is 0.133. The van der Waals surface area contributed by atoms with Crippen LogP contribution >= 0.6 is 0 Å². The van der Waals surface area contributed by atoms with Gasteiger partial charge in [-0.2, -0.15) is 0 Å². The third-order valence-corrected chi connectivity index (χ3v) is 11.2. The number of hydrogen-bond donors (Lipinski definition) is 0. The average Bonchev–Trinajstić information content (AvgIpc) is 3.24. The van der Waals surface area contributed by atoms with E-state index in [2.05, 4.69) is 188 Å². The van der Waals surface area contributed by atoms with E-state index in [4.69, 9.17) is 4.98 Å². The van der Waals surface area contributed by atoms with Crippen molar-refractivity contribution < 1.29 is 0 Å². The summed E-state index contributed by atoms with van der Waals surface area (Å²) in [4.78, 5) is 4.87. The molecule has 1 nitrogen and oxygen atoms in total. The molecule has 0 saturated carbocycles. The van der Waals surface area contributed by atoms with Crippen molar-refractivity contribution in [3.63, 3.8) is 0 Å². The maximum Gasteiger partial charge on any atom is 0.0714 e. The Morgan fingerprint density at radius 1 is 0.259 bits per heavy atom. The molecule has 1 heterocycles. The zero-order chi connectivity index (χ0) is 35.6. The molecule has 11 rings (SSSR count). The van der Waals surface area contributed by atoms with Gasteiger partial charge in [-0.3, -0.25) is 4.98 Å². The fourth-order valence-electron chi connectivity index (χ4n) is 8.69. The summed E-state index contributed by atoms with van der Waals surface area (Å²) in [6, 6.07) is 71.1. The summed E-state index contributed by atoms with van der Waals surface area (Å²) < 4.78 is 0. The number of pyridine rings is 1. The molecule has 0 bridgehead atoms. The van der Waals surface area contributed by atoms with E-state index >= 15 is 0 Å². The molecule has 10 aromatic carbocycles. The molecule has 0 aliphatic rings. The highest BCUT2D eigenvalue weighted by atomic mass is 14.7. The molecule has 0 atom stereocenters. The standard InChI is InChI=1S/C53H33N/c1-2-11-34(12-3-1)39-24-27-48-50(33-39)53(51-19-8-9-28-54-51)47-16-7-6-15-46(47)52(48)42-23-21-37-30-40(22-20-38(37)31-42)43-17-10-18-44-45(43)26-25-41-29-35-13-4-5-14-36(35)32-49(41)44/h1-33H. The number of aromatic nitrogens is 1. The van der Waals surface area contributed by atoms with Gasteiger partial charge in [-0.1, -0.05) is 152 Å². The normalized spacial score (nSPS) is 11.7. The number of nitrogens with zero attached hydrogens (tertiary/aromatic N) is 1. The number of hydrogen-bond acceptors (Lipinski definition) is 1. The molecule has 0 N–H and O–H groups in total. The lowest BCUT2D eigenvalue weighted by atomic mass is 9.85. The van der Waals surface area contributed by atoms with E-state index in [1.165, 1.54) is 104 Å². The second-order valence-corrected chi connectivity index (χ2v) is 14.3. The lowest BCUT2D eigenvalue weighted by molar-refractivity contribution is 1.34. The molecule has 0 fully saturated rings. The zero-order valence-electron chi connectivity index (χ0n) is 29.5. The van der Waals surface area contributed by atoms with Crippen molar-refractivity contribution in [2.45, 2.75) is 0 Å². The van der Waals surface area contributed by atoms with Crippen molar-refractivity contribution in [1.82, 2.24) is 4.98 Å². The van der Waals surface area contributed by atoms with Gasteiger partial charge in [-0.25, -0.2) is 0 Å². The van der Waals surface area contributed by atoms with Crippen molar-refractivity contribution in [3.05, 3.63) is 200 Å². The Morgan fingerprint density at radius 2 is 0.870 bits per heavy atom. The fourth-order valence-corrected chi connectivity index (χ4v) is 8.69. The third kappa shape index (κ3) is 4.90. The van der Waals surface area contributed by atoms with E-state index in [-0.39, 0.29) is 0 Å². The van der Waals surface area contributed by atoms with Gasteiger partial charge in [-0.15, -0.1) is 0 Å². The van der Waals surface area contributed by atoms with Crippen LogP contribution < -0.4 is 0 Å². The van der Waals surface area contributed by atoms with E-state index in [1.54, 1.807) is 0 Å². The highest BCUT2D eigenvalue weighted by Gasteiger charge is 2.18. The highest BCUT2D eigenvalue weighted by Crippen LogP contribution is 2.45. The van der Waals surface area contributed by atoms with E-state index in [9.17, 15) is 0 Å². The number of benzene rings is 10. The lowest BCUT2D eigenvalue weighted by Crippen LogP contribution is -1.93. The minimum Gasteiger partial charge on any atom is -0.256 e. The van der Waals surface area contributed by atoms with Gasteiger partial charge >= 0.3 is 0 Å². The van der Waals surface area contributed by atoms with Gasteiger partial charge in [-0.05, 0) is 140 Å². The molecule has 1 aromatic heterocycles. The summed E-state index contributed by atoms with van der Waals surface area (Å²) in [5.74, 6) is 0. The summed E-state index contributed by atoms with van der Waals surface area (Å²) in [5.41, 5.74) is 9.49. The van der Waals surface area contributed by atoms with Crippen LogP contribution in [-0.2, 0) is 0 Å². The second kappa shape index (κ2) is 12.3. The molecular weight excluding hydrogens is 651 g/mol. The molecule has 0 saturated heterocycles. The Balaban J connectivity index is 1.09. The predicted molar refractivity (Wildman–Crippen MR) is 231 cm³/mol. The van der Waals surface area contributed by atoms with Crippen LogP contribution in [0, 0.1) is 0 Å². The Hall–Kier alpha value is -7.09. The van der Waals surface area contributed by atoms with Crippen LogP contribution in [0.5, 0.6) is 0 Å². The first-order chi connectivity index (χ1) is 26.8. The smallest absolute Gasteiger partial charge is 0.0714 e. The minimum absolute atomic E-state index is 0.983. The molecule has 0 radical (unpaired) electrons. The van der Waals surface area contributed by atoms with Gasteiger partial charge in [0.1, 0.15) is 0 Å². The molecular formula is C53H33N.